The van der Waals surface area contributed by atoms with Gasteiger partial charge < -0.3 is 15.8 Å². The lowest BCUT2D eigenvalue weighted by atomic mass is 10.1. The van der Waals surface area contributed by atoms with Gasteiger partial charge in [0.2, 0.25) is 5.91 Å². The van der Waals surface area contributed by atoms with Gasteiger partial charge in [0.05, 0.1) is 19.6 Å². The van der Waals surface area contributed by atoms with Gasteiger partial charge in [-0.2, -0.15) is 0 Å². The first-order valence-electron chi connectivity index (χ1n) is 10.3. The van der Waals surface area contributed by atoms with Crippen molar-refractivity contribution in [2.75, 3.05) is 19.7 Å². The largest absolute Gasteiger partial charge is 0.384 e. The van der Waals surface area contributed by atoms with Gasteiger partial charge in [0.15, 0.2) is 0 Å². The SMILES string of the molecule is Cc1ccc(CCNN2CCO[C@@H](CC(=O)NCc3ccc(C(=N)N)cc3)C2=O)cc1. The number of amidine groups is 1. The molecule has 3 rings (SSSR count). The van der Waals surface area contributed by atoms with E-state index in [-0.39, 0.29) is 24.1 Å². The number of carbonyl (C=O) groups excluding carboxylic acids is 2. The van der Waals surface area contributed by atoms with Gasteiger partial charge >= 0.3 is 0 Å². The number of hydrogen-bond donors (Lipinski definition) is 4. The Balaban J connectivity index is 1.42. The third-order valence-corrected chi connectivity index (χ3v) is 5.14. The summed E-state index contributed by atoms with van der Waals surface area (Å²) < 4.78 is 5.53. The predicted molar refractivity (Wildman–Crippen MR) is 118 cm³/mol. The molecule has 8 heteroatoms. The second-order valence-corrected chi connectivity index (χ2v) is 7.58. The van der Waals surface area contributed by atoms with Crippen LogP contribution in [-0.4, -0.2) is 48.5 Å². The third kappa shape index (κ3) is 6.63. The van der Waals surface area contributed by atoms with Crippen molar-refractivity contribution in [2.45, 2.75) is 32.4 Å². The van der Waals surface area contributed by atoms with E-state index in [1.807, 2.05) is 0 Å². The minimum Gasteiger partial charge on any atom is -0.384 e. The van der Waals surface area contributed by atoms with Gasteiger partial charge in [-0.25, -0.2) is 5.43 Å². The number of ether oxygens (including phenoxy) is 1. The van der Waals surface area contributed by atoms with Crippen molar-refractivity contribution in [1.82, 2.24) is 15.8 Å². The molecule has 2 aromatic carbocycles. The van der Waals surface area contributed by atoms with Crippen molar-refractivity contribution in [3.8, 4) is 0 Å². The maximum absolute atomic E-state index is 12.7. The molecule has 0 bridgehead atoms. The number of carbonyl (C=O) groups is 2. The number of benzene rings is 2. The molecule has 1 saturated heterocycles. The number of rotatable bonds is 9. The number of nitrogens with one attached hydrogen (secondary N) is 3. The van der Waals surface area contributed by atoms with Crippen molar-refractivity contribution in [3.05, 3.63) is 70.8 Å². The average Bonchev–Trinajstić information content (AvgIpc) is 2.76. The molecule has 0 radical (unpaired) electrons. The molecule has 2 amide bonds. The highest BCUT2D eigenvalue weighted by Gasteiger charge is 2.31. The molecule has 31 heavy (non-hydrogen) atoms. The Bertz CT molecular complexity index is 912. The standard InChI is InChI=1S/C23H29N5O3/c1-16-2-4-17(5-3-16)10-11-27-28-12-13-31-20(23(28)30)14-21(29)26-15-18-6-8-19(9-7-18)22(24)25/h2-9,20,27H,10-15H2,1H3,(H3,24,25)(H,26,29)/t20-/m0/s1. The van der Waals surface area contributed by atoms with Crippen molar-refractivity contribution < 1.29 is 14.3 Å². The Morgan fingerprint density at radius 2 is 1.84 bits per heavy atom. The smallest absolute Gasteiger partial charge is 0.266 e. The molecule has 2 aromatic rings. The monoisotopic (exact) mass is 423 g/mol. The summed E-state index contributed by atoms with van der Waals surface area (Å²) in [6.45, 7) is 3.84. The van der Waals surface area contributed by atoms with E-state index in [9.17, 15) is 9.59 Å². The molecule has 0 unspecified atom stereocenters. The van der Waals surface area contributed by atoms with Crippen LogP contribution in [0.5, 0.6) is 0 Å². The van der Waals surface area contributed by atoms with Crippen molar-refractivity contribution in [3.63, 3.8) is 0 Å². The Hall–Kier alpha value is -3.23. The second-order valence-electron chi connectivity index (χ2n) is 7.58. The summed E-state index contributed by atoms with van der Waals surface area (Å²) in [5, 5.41) is 11.8. The van der Waals surface area contributed by atoms with E-state index < -0.39 is 6.10 Å². The highest BCUT2D eigenvalue weighted by Crippen LogP contribution is 2.10. The fraction of sp³-hybridized carbons (Fsp3) is 0.348. The van der Waals surface area contributed by atoms with Gasteiger partial charge in [0.1, 0.15) is 11.9 Å². The van der Waals surface area contributed by atoms with E-state index in [0.29, 0.717) is 31.8 Å². The number of nitrogen functional groups attached to an aromatic ring is 1. The van der Waals surface area contributed by atoms with Gasteiger partial charge in [0.25, 0.3) is 5.91 Å². The molecule has 164 valence electrons. The number of amides is 2. The number of nitrogens with zero attached hydrogens (tertiary/aromatic N) is 1. The number of nitrogens with two attached hydrogens (primary N) is 1. The Morgan fingerprint density at radius 3 is 2.52 bits per heavy atom. The molecule has 0 spiro atoms. The minimum atomic E-state index is -0.791. The zero-order valence-electron chi connectivity index (χ0n) is 17.7. The fourth-order valence-corrected chi connectivity index (χ4v) is 3.28. The van der Waals surface area contributed by atoms with E-state index in [1.54, 1.807) is 29.3 Å². The van der Waals surface area contributed by atoms with Crippen LogP contribution in [0.2, 0.25) is 0 Å². The van der Waals surface area contributed by atoms with Crippen molar-refractivity contribution >= 4 is 17.6 Å². The summed E-state index contributed by atoms with van der Waals surface area (Å²) >= 11 is 0. The van der Waals surface area contributed by atoms with Gasteiger partial charge in [-0.15, -0.1) is 0 Å². The average molecular weight is 424 g/mol. The van der Waals surface area contributed by atoms with Crippen LogP contribution in [0.3, 0.4) is 0 Å². The maximum atomic E-state index is 12.7. The first-order chi connectivity index (χ1) is 14.9. The molecule has 1 atom stereocenters. The van der Waals surface area contributed by atoms with Crippen LogP contribution < -0.4 is 16.5 Å². The highest BCUT2D eigenvalue weighted by atomic mass is 16.5. The van der Waals surface area contributed by atoms with Crippen molar-refractivity contribution in [1.29, 1.82) is 5.41 Å². The van der Waals surface area contributed by atoms with E-state index in [1.165, 1.54) is 11.1 Å². The third-order valence-electron chi connectivity index (χ3n) is 5.14. The predicted octanol–water partition coefficient (Wildman–Crippen LogP) is 1.26. The highest BCUT2D eigenvalue weighted by molar-refractivity contribution is 5.94. The summed E-state index contributed by atoms with van der Waals surface area (Å²) in [5.41, 5.74) is 12.5. The lowest BCUT2D eigenvalue weighted by Crippen LogP contribution is -2.55. The molecular formula is C23H29N5O3. The molecule has 0 saturated carbocycles. The normalized spacial score (nSPS) is 16.2. The topological polar surface area (TPSA) is 121 Å². The molecule has 0 aliphatic carbocycles. The molecule has 1 aliphatic rings. The molecule has 8 nitrogen and oxygen atoms in total. The summed E-state index contributed by atoms with van der Waals surface area (Å²) in [7, 11) is 0. The summed E-state index contributed by atoms with van der Waals surface area (Å²) in [4.78, 5) is 25.0. The van der Waals surface area contributed by atoms with Crippen LogP contribution in [0, 0.1) is 12.3 Å². The van der Waals surface area contributed by atoms with E-state index in [4.69, 9.17) is 15.9 Å². The zero-order chi connectivity index (χ0) is 22.2. The van der Waals surface area contributed by atoms with Crippen molar-refractivity contribution in [2.24, 2.45) is 5.73 Å². The molecule has 0 aromatic heterocycles. The van der Waals surface area contributed by atoms with Crippen LogP contribution >= 0.6 is 0 Å². The first-order valence-corrected chi connectivity index (χ1v) is 10.3. The van der Waals surface area contributed by atoms with Crippen LogP contribution in [-0.2, 0) is 27.3 Å². The number of aryl methyl sites for hydroxylation is 1. The molecule has 5 N–H and O–H groups in total. The Labute approximate surface area is 182 Å². The van der Waals surface area contributed by atoms with Crippen LogP contribution in [0.15, 0.2) is 48.5 Å². The molecule has 1 aliphatic heterocycles. The number of morpholine rings is 1. The fourth-order valence-electron chi connectivity index (χ4n) is 3.28. The quantitative estimate of drug-likeness (QED) is 0.357. The Kier molecular flexibility index (Phi) is 7.75. The van der Waals surface area contributed by atoms with Gasteiger partial charge in [-0.1, -0.05) is 54.1 Å². The maximum Gasteiger partial charge on any atom is 0.266 e. The molecule has 1 fully saturated rings. The van der Waals surface area contributed by atoms with Gasteiger partial charge in [-0.3, -0.25) is 20.0 Å². The Morgan fingerprint density at radius 1 is 1.16 bits per heavy atom. The lowest BCUT2D eigenvalue weighted by molar-refractivity contribution is -0.159. The van der Waals surface area contributed by atoms with Crippen LogP contribution in [0.1, 0.15) is 28.7 Å². The number of hydrazine groups is 1. The minimum absolute atomic E-state index is 0.000532. The summed E-state index contributed by atoms with van der Waals surface area (Å²) in [6.07, 6.45) is -0.0142. The number of hydrogen-bond acceptors (Lipinski definition) is 5. The first kappa shape index (κ1) is 22.5. The second kappa shape index (κ2) is 10.7. The van der Waals surface area contributed by atoms with E-state index >= 15 is 0 Å². The summed E-state index contributed by atoms with van der Waals surface area (Å²) in [5.74, 6) is -0.479. The summed E-state index contributed by atoms with van der Waals surface area (Å²) in [6, 6.07) is 15.4. The van der Waals surface area contributed by atoms with Gasteiger partial charge in [-0.05, 0) is 24.5 Å². The van der Waals surface area contributed by atoms with E-state index in [2.05, 4.69) is 41.9 Å². The van der Waals surface area contributed by atoms with Gasteiger partial charge in [0, 0.05) is 18.7 Å². The molecular weight excluding hydrogens is 394 g/mol. The zero-order valence-corrected chi connectivity index (χ0v) is 17.7. The van der Waals surface area contributed by atoms with Crippen LogP contribution in [0.4, 0.5) is 0 Å². The van der Waals surface area contributed by atoms with Crippen LogP contribution in [0.25, 0.3) is 0 Å². The van der Waals surface area contributed by atoms with E-state index in [0.717, 1.165) is 12.0 Å². The molecule has 1 heterocycles. The lowest BCUT2D eigenvalue weighted by Gasteiger charge is -2.32.